The van der Waals surface area contributed by atoms with Crippen molar-refractivity contribution in [2.45, 2.75) is 12.8 Å². The number of amides is 2. The number of nitrogens with zero attached hydrogens (tertiary/aromatic N) is 1. The molecule has 2 aromatic rings. The van der Waals surface area contributed by atoms with Gasteiger partial charge >= 0.3 is 0 Å². The van der Waals surface area contributed by atoms with Crippen LogP contribution in [0.4, 0.5) is 17.1 Å². The highest BCUT2D eigenvalue weighted by Crippen LogP contribution is 2.25. The van der Waals surface area contributed by atoms with E-state index in [9.17, 15) is 9.59 Å². The predicted octanol–water partition coefficient (Wildman–Crippen LogP) is 2.42. The fourth-order valence-electron chi connectivity index (χ4n) is 2.80. The molecule has 1 fully saturated rings. The van der Waals surface area contributed by atoms with Crippen molar-refractivity contribution in [3.63, 3.8) is 0 Å². The van der Waals surface area contributed by atoms with E-state index in [-0.39, 0.29) is 18.4 Å². The molecule has 3 rings (SSSR count). The molecule has 0 radical (unpaired) electrons. The molecule has 0 aliphatic carbocycles. The van der Waals surface area contributed by atoms with Crippen LogP contribution < -0.4 is 25.4 Å². The van der Waals surface area contributed by atoms with Crippen LogP contribution >= 0.6 is 0 Å². The van der Waals surface area contributed by atoms with Crippen molar-refractivity contribution in [1.29, 1.82) is 0 Å². The third-order valence-electron chi connectivity index (χ3n) is 4.11. The maximum atomic E-state index is 12.0. The summed E-state index contributed by atoms with van der Waals surface area (Å²) in [6, 6.07) is 12.2. The molecule has 0 saturated carbocycles. The molecule has 1 aliphatic rings. The summed E-state index contributed by atoms with van der Waals surface area (Å²) < 4.78 is 10.6. The molecule has 7 heteroatoms. The van der Waals surface area contributed by atoms with Crippen molar-refractivity contribution in [1.82, 2.24) is 0 Å². The second-order valence-corrected chi connectivity index (χ2v) is 5.94. The number of carbonyl (C=O) groups excluding carboxylic acids is 2. The summed E-state index contributed by atoms with van der Waals surface area (Å²) in [5.41, 5.74) is 7.67. The molecule has 136 valence electrons. The fraction of sp³-hybridized carbons (Fsp3) is 0.263. The van der Waals surface area contributed by atoms with Crippen molar-refractivity contribution < 1.29 is 19.1 Å². The molecule has 0 aromatic heterocycles. The maximum absolute atomic E-state index is 12.0. The lowest BCUT2D eigenvalue weighted by Crippen LogP contribution is -2.23. The lowest BCUT2D eigenvalue weighted by Gasteiger charge is -2.16. The first kappa shape index (κ1) is 17.6. The highest BCUT2D eigenvalue weighted by atomic mass is 16.5. The largest absolute Gasteiger partial charge is 0.495 e. The highest BCUT2D eigenvalue weighted by Gasteiger charge is 2.21. The average molecular weight is 355 g/mol. The molecule has 1 heterocycles. The van der Waals surface area contributed by atoms with Crippen LogP contribution in [0, 0.1) is 0 Å². The van der Waals surface area contributed by atoms with Crippen LogP contribution in [0.2, 0.25) is 0 Å². The number of carbonyl (C=O) groups is 2. The van der Waals surface area contributed by atoms with E-state index in [1.807, 2.05) is 12.1 Å². The molecule has 1 saturated heterocycles. The number of methoxy groups -OCH3 is 1. The number of ether oxygens (including phenoxy) is 2. The lowest BCUT2D eigenvalue weighted by molar-refractivity contribution is -0.118. The Hall–Kier alpha value is -3.22. The molecule has 2 aromatic carbocycles. The molecule has 1 aliphatic heterocycles. The van der Waals surface area contributed by atoms with Gasteiger partial charge in [0.25, 0.3) is 5.91 Å². The average Bonchev–Trinajstić information content (AvgIpc) is 3.06. The van der Waals surface area contributed by atoms with E-state index >= 15 is 0 Å². The zero-order chi connectivity index (χ0) is 18.5. The Morgan fingerprint density at radius 3 is 2.62 bits per heavy atom. The summed E-state index contributed by atoms with van der Waals surface area (Å²) in [5, 5.41) is 2.71. The van der Waals surface area contributed by atoms with Crippen LogP contribution in [0.5, 0.6) is 11.5 Å². The third kappa shape index (κ3) is 4.05. The molecule has 0 bridgehead atoms. The first-order valence-electron chi connectivity index (χ1n) is 8.33. The second kappa shape index (κ2) is 7.77. The van der Waals surface area contributed by atoms with E-state index in [1.54, 1.807) is 35.2 Å². The maximum Gasteiger partial charge on any atom is 0.262 e. The van der Waals surface area contributed by atoms with Crippen LogP contribution in [-0.2, 0) is 9.59 Å². The summed E-state index contributed by atoms with van der Waals surface area (Å²) in [5.74, 6) is 0.950. The van der Waals surface area contributed by atoms with Crippen molar-refractivity contribution in [2.75, 3.05) is 36.2 Å². The molecular formula is C19H21N3O4. The van der Waals surface area contributed by atoms with Gasteiger partial charge in [0.15, 0.2) is 6.61 Å². The van der Waals surface area contributed by atoms with Gasteiger partial charge < -0.3 is 25.4 Å². The Bertz CT molecular complexity index is 805. The summed E-state index contributed by atoms with van der Waals surface area (Å²) in [7, 11) is 1.53. The molecule has 0 unspecified atom stereocenters. The van der Waals surface area contributed by atoms with Gasteiger partial charge in [-0.2, -0.15) is 0 Å². The minimum Gasteiger partial charge on any atom is -0.495 e. The monoisotopic (exact) mass is 355 g/mol. The number of benzene rings is 2. The van der Waals surface area contributed by atoms with Gasteiger partial charge in [0, 0.05) is 24.3 Å². The lowest BCUT2D eigenvalue weighted by atomic mass is 10.2. The summed E-state index contributed by atoms with van der Waals surface area (Å²) in [4.78, 5) is 25.5. The first-order chi connectivity index (χ1) is 12.6. The number of nitrogens with one attached hydrogen (secondary N) is 1. The van der Waals surface area contributed by atoms with E-state index in [1.165, 1.54) is 7.11 Å². The Kier molecular flexibility index (Phi) is 5.26. The van der Waals surface area contributed by atoms with E-state index in [0.717, 1.165) is 18.7 Å². The van der Waals surface area contributed by atoms with E-state index in [2.05, 4.69) is 5.32 Å². The molecule has 26 heavy (non-hydrogen) atoms. The highest BCUT2D eigenvalue weighted by molar-refractivity contribution is 5.95. The van der Waals surface area contributed by atoms with Crippen LogP contribution in [-0.4, -0.2) is 32.1 Å². The number of hydrogen-bond donors (Lipinski definition) is 2. The number of anilines is 3. The van der Waals surface area contributed by atoms with Crippen LogP contribution in [0.3, 0.4) is 0 Å². The number of rotatable bonds is 6. The number of nitrogen functional groups attached to an aromatic ring is 1. The SMILES string of the molecule is COc1ccc(NC(=O)COc2ccc(N3CCCC3=O)cc2)cc1N. The minimum absolute atomic E-state index is 0.131. The van der Waals surface area contributed by atoms with Crippen molar-refractivity contribution in [2.24, 2.45) is 0 Å². The summed E-state index contributed by atoms with van der Waals surface area (Å²) in [6.07, 6.45) is 1.47. The topological polar surface area (TPSA) is 93.9 Å². The Morgan fingerprint density at radius 2 is 2.00 bits per heavy atom. The van der Waals surface area contributed by atoms with E-state index < -0.39 is 0 Å². The van der Waals surface area contributed by atoms with Gasteiger partial charge in [-0.05, 0) is 48.9 Å². The zero-order valence-corrected chi connectivity index (χ0v) is 14.5. The van der Waals surface area contributed by atoms with Gasteiger partial charge in [-0.15, -0.1) is 0 Å². The molecular weight excluding hydrogens is 334 g/mol. The minimum atomic E-state index is -0.298. The quantitative estimate of drug-likeness (QED) is 0.776. The van der Waals surface area contributed by atoms with Crippen LogP contribution in [0.1, 0.15) is 12.8 Å². The standard InChI is InChI=1S/C19H21N3O4/c1-25-17-9-4-13(11-16(17)20)21-18(23)12-26-15-7-5-14(6-8-15)22-10-2-3-19(22)24/h4-9,11H,2-3,10,12,20H2,1H3,(H,21,23). The van der Waals surface area contributed by atoms with Crippen molar-refractivity contribution in [3.05, 3.63) is 42.5 Å². The Morgan fingerprint density at radius 1 is 1.23 bits per heavy atom. The fourth-order valence-corrected chi connectivity index (χ4v) is 2.80. The Labute approximate surface area is 151 Å². The molecule has 3 N–H and O–H groups in total. The van der Waals surface area contributed by atoms with E-state index in [4.69, 9.17) is 15.2 Å². The predicted molar refractivity (Wildman–Crippen MR) is 99.6 cm³/mol. The summed E-state index contributed by atoms with van der Waals surface area (Å²) in [6.45, 7) is 0.611. The van der Waals surface area contributed by atoms with Gasteiger partial charge in [0.1, 0.15) is 11.5 Å². The third-order valence-corrected chi connectivity index (χ3v) is 4.11. The number of nitrogens with two attached hydrogens (primary N) is 1. The van der Waals surface area contributed by atoms with Crippen molar-refractivity contribution in [3.8, 4) is 11.5 Å². The van der Waals surface area contributed by atoms with Gasteiger partial charge in [-0.1, -0.05) is 0 Å². The number of hydrogen-bond acceptors (Lipinski definition) is 5. The summed E-state index contributed by atoms with van der Waals surface area (Å²) >= 11 is 0. The smallest absolute Gasteiger partial charge is 0.262 e. The van der Waals surface area contributed by atoms with Crippen LogP contribution in [0.25, 0.3) is 0 Å². The zero-order valence-electron chi connectivity index (χ0n) is 14.5. The first-order valence-corrected chi connectivity index (χ1v) is 8.33. The van der Waals surface area contributed by atoms with Crippen molar-refractivity contribution >= 4 is 28.9 Å². The normalized spacial score (nSPS) is 13.6. The van der Waals surface area contributed by atoms with Gasteiger partial charge in [-0.3, -0.25) is 9.59 Å². The van der Waals surface area contributed by atoms with Gasteiger partial charge in [-0.25, -0.2) is 0 Å². The molecule has 0 atom stereocenters. The van der Waals surface area contributed by atoms with Crippen LogP contribution in [0.15, 0.2) is 42.5 Å². The molecule has 7 nitrogen and oxygen atoms in total. The van der Waals surface area contributed by atoms with Gasteiger partial charge in [0.05, 0.1) is 12.8 Å². The van der Waals surface area contributed by atoms with Gasteiger partial charge in [0.2, 0.25) is 5.91 Å². The molecule has 0 spiro atoms. The second-order valence-electron chi connectivity index (χ2n) is 5.94. The Balaban J connectivity index is 1.52. The van der Waals surface area contributed by atoms with E-state index in [0.29, 0.717) is 29.3 Å². The molecule has 2 amide bonds.